The quantitative estimate of drug-likeness (QED) is 0.905. The van der Waals surface area contributed by atoms with E-state index in [1.54, 1.807) is 12.1 Å². The van der Waals surface area contributed by atoms with Gasteiger partial charge in [0.05, 0.1) is 11.6 Å². The molecule has 2 nitrogen and oxygen atoms in total. The number of aliphatic hydroxyl groups excluding tert-OH is 1. The zero-order valence-electron chi connectivity index (χ0n) is 9.16. The molecule has 0 saturated heterocycles. The largest absolute Gasteiger partial charge is 0.452 e. The van der Waals surface area contributed by atoms with Crippen LogP contribution < -0.4 is 4.74 Å². The van der Waals surface area contributed by atoms with Gasteiger partial charge in [-0.25, -0.2) is 4.39 Å². The number of aliphatic hydroxyl groups is 1. The number of para-hydroxylation sites is 1. The van der Waals surface area contributed by atoms with Crippen LogP contribution in [0.3, 0.4) is 0 Å². The molecule has 5 heteroatoms. The van der Waals surface area contributed by atoms with Crippen molar-refractivity contribution < 1.29 is 14.2 Å². The summed E-state index contributed by atoms with van der Waals surface area (Å²) in [5.74, 6) is -0.322. The molecule has 2 aromatic carbocycles. The van der Waals surface area contributed by atoms with Gasteiger partial charge in [0, 0.05) is 10.6 Å². The molecular weight excluding hydrogens is 278 g/mol. The molecule has 0 saturated carbocycles. The summed E-state index contributed by atoms with van der Waals surface area (Å²) in [5.41, 5.74) is 0.348. The fourth-order valence-electron chi connectivity index (χ4n) is 1.46. The highest BCUT2D eigenvalue weighted by atomic mass is 35.5. The van der Waals surface area contributed by atoms with Gasteiger partial charge < -0.3 is 9.84 Å². The van der Waals surface area contributed by atoms with E-state index < -0.39 is 5.82 Å². The second-order valence-electron chi connectivity index (χ2n) is 3.56. The van der Waals surface area contributed by atoms with Gasteiger partial charge in [-0.1, -0.05) is 35.3 Å². The highest BCUT2D eigenvalue weighted by molar-refractivity contribution is 6.35. The minimum absolute atomic E-state index is 0.0378. The smallest absolute Gasteiger partial charge is 0.168 e. The number of hydrogen-bond donors (Lipinski definition) is 1. The molecule has 0 spiro atoms. The van der Waals surface area contributed by atoms with E-state index in [9.17, 15) is 4.39 Å². The van der Waals surface area contributed by atoms with E-state index in [0.717, 1.165) is 0 Å². The Morgan fingerprint density at radius 2 is 1.94 bits per heavy atom. The van der Waals surface area contributed by atoms with Crippen LogP contribution in [0.1, 0.15) is 5.56 Å². The lowest BCUT2D eigenvalue weighted by molar-refractivity contribution is 0.274. The van der Waals surface area contributed by atoms with Crippen LogP contribution in [0.15, 0.2) is 36.4 Å². The first kappa shape index (κ1) is 13.1. The highest BCUT2D eigenvalue weighted by Crippen LogP contribution is 2.34. The molecule has 0 fully saturated rings. The average molecular weight is 287 g/mol. The van der Waals surface area contributed by atoms with Crippen LogP contribution in [0, 0.1) is 5.82 Å². The maximum absolute atomic E-state index is 13.6. The molecule has 2 rings (SSSR count). The fourth-order valence-corrected chi connectivity index (χ4v) is 1.91. The van der Waals surface area contributed by atoms with E-state index in [0.29, 0.717) is 10.6 Å². The highest BCUT2D eigenvalue weighted by Gasteiger charge is 2.12. The number of halogens is 3. The van der Waals surface area contributed by atoms with Gasteiger partial charge in [0.1, 0.15) is 5.75 Å². The van der Waals surface area contributed by atoms with Crippen LogP contribution in [-0.4, -0.2) is 5.11 Å². The fraction of sp³-hybridized carbons (Fsp3) is 0.0769. The summed E-state index contributed by atoms with van der Waals surface area (Å²) in [7, 11) is 0. The maximum Gasteiger partial charge on any atom is 0.168 e. The Bertz CT molecular complexity index is 573. The summed E-state index contributed by atoms with van der Waals surface area (Å²) in [6.45, 7) is -0.321. The summed E-state index contributed by atoms with van der Waals surface area (Å²) in [4.78, 5) is 0. The van der Waals surface area contributed by atoms with E-state index >= 15 is 0 Å². The van der Waals surface area contributed by atoms with Gasteiger partial charge in [-0.2, -0.15) is 0 Å². The molecule has 2 aromatic rings. The predicted octanol–water partition coefficient (Wildman–Crippen LogP) is 4.42. The van der Waals surface area contributed by atoms with Gasteiger partial charge in [0.15, 0.2) is 11.6 Å². The van der Waals surface area contributed by atoms with Crippen molar-refractivity contribution in [1.29, 1.82) is 0 Å². The Kier molecular flexibility index (Phi) is 4.07. The molecule has 0 atom stereocenters. The normalized spacial score (nSPS) is 10.4. The molecule has 0 aliphatic heterocycles. The summed E-state index contributed by atoms with van der Waals surface area (Å²) in [6, 6.07) is 8.94. The minimum atomic E-state index is -0.562. The first-order valence-corrected chi connectivity index (χ1v) is 5.88. The van der Waals surface area contributed by atoms with Crippen molar-refractivity contribution in [2.24, 2.45) is 0 Å². The Morgan fingerprint density at radius 1 is 1.17 bits per heavy atom. The zero-order valence-corrected chi connectivity index (χ0v) is 10.7. The third kappa shape index (κ3) is 2.75. The third-order valence-corrected chi connectivity index (χ3v) is 2.86. The first-order valence-electron chi connectivity index (χ1n) is 5.13. The topological polar surface area (TPSA) is 29.5 Å². The van der Waals surface area contributed by atoms with Gasteiger partial charge in [0.25, 0.3) is 0 Å². The minimum Gasteiger partial charge on any atom is -0.452 e. The second kappa shape index (κ2) is 5.57. The molecule has 18 heavy (non-hydrogen) atoms. The van der Waals surface area contributed by atoms with Crippen LogP contribution in [0.2, 0.25) is 10.0 Å². The van der Waals surface area contributed by atoms with E-state index in [4.69, 9.17) is 33.0 Å². The molecule has 0 bridgehead atoms. The molecule has 94 valence electrons. The summed E-state index contributed by atoms with van der Waals surface area (Å²) in [6.07, 6.45) is 0. The van der Waals surface area contributed by atoms with Crippen molar-refractivity contribution >= 4 is 23.2 Å². The van der Waals surface area contributed by atoms with Crippen molar-refractivity contribution in [1.82, 2.24) is 0 Å². The van der Waals surface area contributed by atoms with Gasteiger partial charge >= 0.3 is 0 Å². The third-order valence-electron chi connectivity index (χ3n) is 2.32. The standard InChI is InChI=1S/C13H9Cl2FO2/c14-9-4-5-12(10(15)6-9)18-13-8(7-17)2-1-3-11(13)16/h1-6,17H,7H2. The zero-order chi connectivity index (χ0) is 13.1. The lowest BCUT2D eigenvalue weighted by Crippen LogP contribution is -1.95. The molecule has 0 heterocycles. The number of hydrogen-bond acceptors (Lipinski definition) is 2. The predicted molar refractivity (Wildman–Crippen MR) is 68.9 cm³/mol. The molecule has 0 aromatic heterocycles. The second-order valence-corrected chi connectivity index (χ2v) is 4.41. The SMILES string of the molecule is OCc1cccc(F)c1Oc1ccc(Cl)cc1Cl. The van der Waals surface area contributed by atoms with Crippen LogP contribution in [0.25, 0.3) is 0 Å². The van der Waals surface area contributed by atoms with Crippen molar-refractivity contribution in [3.05, 3.63) is 57.8 Å². The number of benzene rings is 2. The van der Waals surface area contributed by atoms with Gasteiger partial charge in [-0.15, -0.1) is 0 Å². The van der Waals surface area contributed by atoms with Crippen LogP contribution in [-0.2, 0) is 6.61 Å². The van der Waals surface area contributed by atoms with Crippen LogP contribution in [0.5, 0.6) is 11.5 Å². The number of ether oxygens (including phenoxy) is 1. The van der Waals surface area contributed by atoms with Crippen LogP contribution >= 0.6 is 23.2 Å². The van der Waals surface area contributed by atoms with E-state index in [2.05, 4.69) is 0 Å². The van der Waals surface area contributed by atoms with Crippen molar-refractivity contribution in [3.8, 4) is 11.5 Å². The van der Waals surface area contributed by atoms with E-state index in [1.165, 1.54) is 24.3 Å². The lowest BCUT2D eigenvalue weighted by atomic mass is 10.2. The first-order chi connectivity index (χ1) is 8.61. The Hall–Kier alpha value is -1.29. The summed E-state index contributed by atoms with van der Waals surface area (Å²) < 4.78 is 19.0. The Balaban J connectivity index is 2.39. The Labute approximate surface area is 114 Å². The number of rotatable bonds is 3. The molecular formula is C13H9Cl2FO2. The lowest BCUT2D eigenvalue weighted by Gasteiger charge is -2.11. The van der Waals surface area contributed by atoms with E-state index in [-0.39, 0.29) is 23.1 Å². The molecule has 0 aliphatic rings. The molecule has 0 radical (unpaired) electrons. The molecule has 0 unspecified atom stereocenters. The molecule has 0 aliphatic carbocycles. The van der Waals surface area contributed by atoms with Gasteiger partial charge in [0.2, 0.25) is 0 Å². The Morgan fingerprint density at radius 3 is 2.61 bits per heavy atom. The summed E-state index contributed by atoms with van der Waals surface area (Å²) in [5, 5.41) is 9.87. The monoisotopic (exact) mass is 286 g/mol. The summed E-state index contributed by atoms with van der Waals surface area (Å²) >= 11 is 11.7. The molecule has 0 amide bonds. The van der Waals surface area contributed by atoms with Gasteiger partial charge in [-0.3, -0.25) is 0 Å². The van der Waals surface area contributed by atoms with Crippen molar-refractivity contribution in [2.75, 3.05) is 0 Å². The van der Waals surface area contributed by atoms with E-state index in [1.807, 2.05) is 0 Å². The van der Waals surface area contributed by atoms with Gasteiger partial charge in [-0.05, 0) is 24.3 Å². The van der Waals surface area contributed by atoms with Crippen LogP contribution in [0.4, 0.5) is 4.39 Å². The van der Waals surface area contributed by atoms with Crippen molar-refractivity contribution in [2.45, 2.75) is 6.61 Å². The average Bonchev–Trinajstić information content (AvgIpc) is 2.34. The molecule has 1 N–H and O–H groups in total. The maximum atomic E-state index is 13.6. The van der Waals surface area contributed by atoms with Crippen molar-refractivity contribution in [3.63, 3.8) is 0 Å².